The number of hydrogen-bond acceptors (Lipinski definition) is 0. The van der Waals surface area contributed by atoms with E-state index in [0.29, 0.717) is 29.5 Å². The topological polar surface area (TPSA) is 0 Å². The van der Waals surface area contributed by atoms with Crippen molar-refractivity contribution < 1.29 is 0 Å². The third-order valence-electron chi connectivity index (χ3n) is 5.55. The van der Waals surface area contributed by atoms with Crippen LogP contribution in [0, 0.1) is 10.8 Å². The molecule has 0 spiro atoms. The van der Waals surface area contributed by atoms with Gasteiger partial charge >= 0.3 is 212 Å². The summed E-state index contributed by atoms with van der Waals surface area (Å²) in [5.74, 6) is 0. The molecule has 0 fully saturated rings. The first-order chi connectivity index (χ1) is 14.3. The van der Waals surface area contributed by atoms with Crippen LogP contribution >= 0.6 is 0 Å². The number of hydrogen-bond donors (Lipinski definition) is 0. The van der Waals surface area contributed by atoms with Crippen molar-refractivity contribution >= 4 is 35.0 Å². The van der Waals surface area contributed by atoms with Crippen LogP contribution in [0.3, 0.4) is 0 Å². The maximum absolute atomic E-state index is 2.47. The second-order valence-corrected chi connectivity index (χ2v) is 17.8. The summed E-state index contributed by atoms with van der Waals surface area (Å²) in [4.78, 5) is 0. The predicted molar refractivity (Wildman–Crippen MR) is 148 cm³/mol. The van der Waals surface area contributed by atoms with Gasteiger partial charge in [0.1, 0.15) is 0 Å². The van der Waals surface area contributed by atoms with Crippen LogP contribution in [0.4, 0.5) is 0 Å². The van der Waals surface area contributed by atoms with E-state index < -0.39 is 0 Å². The Morgan fingerprint density at radius 1 is 0.688 bits per heavy atom. The third-order valence-corrected chi connectivity index (χ3v) is 13.5. The van der Waals surface area contributed by atoms with Crippen molar-refractivity contribution in [2.75, 3.05) is 0 Å². The summed E-state index contributed by atoms with van der Waals surface area (Å²) in [5, 5.41) is 0. The van der Waals surface area contributed by atoms with Gasteiger partial charge < -0.3 is 0 Å². The Balaban J connectivity index is 2.57. The zero-order chi connectivity index (χ0) is 24.7. The fourth-order valence-corrected chi connectivity index (χ4v) is 8.31. The molecule has 0 nitrogen and oxygen atoms in total. The van der Waals surface area contributed by atoms with E-state index in [1.165, 1.54) is 16.7 Å². The third kappa shape index (κ3) is 7.43. The van der Waals surface area contributed by atoms with Crippen molar-refractivity contribution in [2.45, 2.75) is 101 Å². The van der Waals surface area contributed by atoms with E-state index in [-0.39, 0.29) is 21.7 Å². The molecule has 1 aliphatic heterocycles. The van der Waals surface area contributed by atoms with Crippen LogP contribution in [0.15, 0.2) is 51.0 Å². The van der Waals surface area contributed by atoms with Gasteiger partial charge in [0.05, 0.1) is 0 Å². The molecule has 1 aromatic heterocycles. The molecule has 0 aromatic carbocycles. The summed E-state index contributed by atoms with van der Waals surface area (Å²) in [6.07, 6.45) is 9.56. The SMILES string of the molecule is C/C(=C\C=C1C=C(C(C)(C)C)[Se]C(C(C)(C)C)=C1)c1cc(C(C)(C)C)[se+]c(C(C)(C)C)c1. The first kappa shape index (κ1) is 27.6. The summed E-state index contributed by atoms with van der Waals surface area (Å²) in [6, 6.07) is 4.94. The van der Waals surface area contributed by atoms with Crippen LogP contribution in [0.25, 0.3) is 5.57 Å². The molecule has 32 heavy (non-hydrogen) atoms. The normalized spacial score (nSPS) is 16.7. The Kier molecular flexibility index (Phi) is 8.23. The van der Waals surface area contributed by atoms with E-state index >= 15 is 0 Å². The number of rotatable bonds is 2. The Morgan fingerprint density at radius 2 is 1.09 bits per heavy atom. The summed E-state index contributed by atoms with van der Waals surface area (Å²) >= 11 is 0.861. The summed E-state index contributed by atoms with van der Waals surface area (Å²) in [6.45, 7) is 30.5. The van der Waals surface area contributed by atoms with Gasteiger partial charge in [-0.2, -0.15) is 0 Å². The maximum atomic E-state index is 2.47. The molecule has 0 saturated carbocycles. The molecule has 0 saturated heterocycles. The first-order valence-electron chi connectivity index (χ1n) is 11.8. The summed E-state index contributed by atoms with van der Waals surface area (Å²) in [5.41, 5.74) is 4.95. The van der Waals surface area contributed by atoms with E-state index in [1.807, 2.05) is 0 Å². The van der Waals surface area contributed by atoms with Crippen LogP contribution in [0.2, 0.25) is 0 Å². The van der Waals surface area contributed by atoms with Gasteiger partial charge in [-0.15, -0.1) is 0 Å². The Labute approximate surface area is 211 Å². The van der Waals surface area contributed by atoms with Crippen molar-refractivity contribution in [3.05, 3.63) is 65.4 Å². The van der Waals surface area contributed by atoms with Crippen LogP contribution in [-0.2, 0) is 10.8 Å². The Bertz CT molecular complexity index is 905. The van der Waals surface area contributed by atoms with E-state index in [4.69, 9.17) is 0 Å². The van der Waals surface area contributed by atoms with Crippen LogP contribution < -0.4 is 0 Å². The second-order valence-electron chi connectivity index (χ2n) is 13.2. The van der Waals surface area contributed by atoms with Crippen molar-refractivity contribution in [2.24, 2.45) is 10.8 Å². The van der Waals surface area contributed by atoms with Crippen LogP contribution in [0.5, 0.6) is 0 Å². The molecule has 0 bridgehead atoms. The van der Waals surface area contributed by atoms with Gasteiger partial charge in [-0.25, -0.2) is 0 Å². The molecule has 0 atom stereocenters. The molecule has 1 aliphatic rings. The molecule has 176 valence electrons. The monoisotopic (exact) mass is 565 g/mol. The molecular formula is C30H45Se2+. The van der Waals surface area contributed by atoms with Gasteiger partial charge in [0.15, 0.2) is 0 Å². The van der Waals surface area contributed by atoms with Crippen LogP contribution in [0.1, 0.15) is 104 Å². The molecule has 1 aromatic rings. The van der Waals surface area contributed by atoms with Gasteiger partial charge in [0.2, 0.25) is 0 Å². The fraction of sp³-hybridized carbons (Fsp3) is 0.567. The van der Waals surface area contributed by atoms with Gasteiger partial charge in [0, 0.05) is 0 Å². The average molecular weight is 564 g/mol. The predicted octanol–water partition coefficient (Wildman–Crippen LogP) is 8.53. The molecule has 0 unspecified atom stereocenters. The molecular weight excluding hydrogens is 518 g/mol. The Hall–Kier alpha value is -0.651. The standard InChI is InChI=1S/C30H45Se2/c1-20(22-18-25(29(8,9)10)32-26(19-22)30(11,12)13)14-15-21-16-23(27(2,3)4)31-24(17-21)28(5,6)7/h14-19H,1-13H3/q+1. The Morgan fingerprint density at radius 3 is 1.44 bits per heavy atom. The van der Waals surface area contributed by atoms with Crippen LogP contribution in [-0.4, -0.2) is 29.5 Å². The summed E-state index contributed by atoms with van der Waals surface area (Å²) in [7, 11) is 0. The second kappa shape index (κ2) is 9.54. The van der Waals surface area contributed by atoms with Crippen molar-refractivity contribution in [1.82, 2.24) is 0 Å². The van der Waals surface area contributed by atoms with Gasteiger partial charge in [-0.3, -0.25) is 0 Å². The minimum atomic E-state index is 0.217. The minimum absolute atomic E-state index is 0.217. The molecule has 0 radical (unpaired) electrons. The molecule has 0 aliphatic carbocycles. The molecule has 2 heteroatoms. The van der Waals surface area contributed by atoms with E-state index in [0.717, 1.165) is 0 Å². The van der Waals surface area contributed by atoms with E-state index in [1.54, 1.807) is 17.8 Å². The van der Waals surface area contributed by atoms with Crippen molar-refractivity contribution in [3.63, 3.8) is 0 Å². The van der Waals surface area contributed by atoms with Gasteiger partial charge in [-0.05, 0) is 0 Å². The van der Waals surface area contributed by atoms with E-state index in [9.17, 15) is 0 Å². The molecule has 2 rings (SSSR count). The van der Waals surface area contributed by atoms with E-state index in [2.05, 4.69) is 126 Å². The molecule has 0 N–H and O–H groups in total. The molecule has 0 amide bonds. The van der Waals surface area contributed by atoms with Gasteiger partial charge in [0.25, 0.3) is 0 Å². The molecule has 2 heterocycles. The van der Waals surface area contributed by atoms with Crippen molar-refractivity contribution in [3.8, 4) is 0 Å². The summed E-state index contributed by atoms with van der Waals surface area (Å²) < 4.78 is 6.37. The quantitative estimate of drug-likeness (QED) is 0.317. The van der Waals surface area contributed by atoms with Gasteiger partial charge in [-0.1, -0.05) is 0 Å². The fourth-order valence-electron chi connectivity index (χ4n) is 3.14. The number of allylic oxidation sites excluding steroid dienone is 8. The average Bonchev–Trinajstić information content (AvgIpc) is 2.62. The first-order valence-corrected chi connectivity index (χ1v) is 15.2. The van der Waals surface area contributed by atoms with Crippen molar-refractivity contribution in [1.29, 1.82) is 0 Å². The zero-order valence-corrected chi connectivity index (χ0v) is 26.2. The zero-order valence-electron chi connectivity index (χ0n) is 22.8.